The predicted octanol–water partition coefficient (Wildman–Crippen LogP) is 4.06. The smallest absolute Gasteiger partial charge is 0.388 e. The summed E-state index contributed by atoms with van der Waals surface area (Å²) in [6, 6.07) is 5.52. The maximum atomic E-state index is 12.8. The first-order chi connectivity index (χ1) is 9.89. The monoisotopic (exact) mass is 299 g/mol. The Labute approximate surface area is 120 Å². The maximum absolute atomic E-state index is 12.8. The van der Waals surface area contributed by atoms with Gasteiger partial charge in [-0.1, -0.05) is 23.4 Å². The predicted molar refractivity (Wildman–Crippen MR) is 70.6 cm³/mol. The van der Waals surface area contributed by atoms with E-state index in [0.29, 0.717) is 24.1 Å². The maximum Gasteiger partial charge on any atom is 0.416 e. The van der Waals surface area contributed by atoms with E-state index in [1.54, 1.807) is 13.0 Å². The van der Waals surface area contributed by atoms with Crippen LogP contribution < -0.4 is 0 Å². The van der Waals surface area contributed by atoms with Crippen molar-refractivity contribution in [2.75, 3.05) is 0 Å². The molecule has 1 aromatic carbocycles. The first kappa shape index (κ1) is 15.6. The van der Waals surface area contributed by atoms with Crippen LogP contribution in [0.3, 0.4) is 0 Å². The Kier molecular flexibility index (Phi) is 4.67. The summed E-state index contributed by atoms with van der Waals surface area (Å²) in [5.74, 6) is 0. The number of aliphatic hydroxyl groups is 1. The van der Waals surface area contributed by atoms with Gasteiger partial charge < -0.3 is 9.63 Å². The molecule has 1 aromatic heterocycles. The number of aryl methyl sites for hydroxylation is 2. The van der Waals surface area contributed by atoms with E-state index in [1.807, 2.05) is 0 Å². The van der Waals surface area contributed by atoms with Crippen molar-refractivity contribution < 1.29 is 22.8 Å². The minimum Gasteiger partial charge on any atom is -0.388 e. The molecule has 0 spiro atoms. The standard InChI is InChI=1S/C15H16F3NO2/c1-10-12(9-21-19-10)14(20)8-4-6-11-5-2-3-7-13(11)15(16,17)18/h2-3,5,7,9,14,20H,4,6,8H2,1H3. The van der Waals surface area contributed by atoms with Crippen LogP contribution in [0.5, 0.6) is 0 Å². The molecule has 0 fully saturated rings. The number of aliphatic hydroxyl groups excluding tert-OH is 1. The Bertz CT molecular complexity index is 593. The van der Waals surface area contributed by atoms with Gasteiger partial charge in [0.05, 0.1) is 17.4 Å². The van der Waals surface area contributed by atoms with Gasteiger partial charge in [0.25, 0.3) is 0 Å². The third-order valence-electron chi connectivity index (χ3n) is 3.39. The molecule has 0 aliphatic rings. The molecule has 0 radical (unpaired) electrons. The van der Waals surface area contributed by atoms with E-state index in [2.05, 4.69) is 5.16 Å². The first-order valence-corrected chi connectivity index (χ1v) is 6.63. The highest BCUT2D eigenvalue weighted by molar-refractivity contribution is 5.29. The van der Waals surface area contributed by atoms with Crippen LogP contribution in [-0.2, 0) is 12.6 Å². The van der Waals surface area contributed by atoms with Gasteiger partial charge in [0.1, 0.15) is 6.26 Å². The summed E-state index contributed by atoms with van der Waals surface area (Å²) in [6.07, 6.45) is -2.69. The molecule has 21 heavy (non-hydrogen) atoms. The van der Waals surface area contributed by atoms with Crippen molar-refractivity contribution >= 4 is 0 Å². The molecule has 1 N–H and O–H groups in total. The van der Waals surface area contributed by atoms with E-state index in [1.165, 1.54) is 18.4 Å². The number of benzene rings is 1. The minimum atomic E-state index is -4.35. The molecule has 3 nitrogen and oxygen atoms in total. The van der Waals surface area contributed by atoms with Crippen molar-refractivity contribution in [2.45, 2.75) is 38.5 Å². The fourth-order valence-corrected chi connectivity index (χ4v) is 2.28. The van der Waals surface area contributed by atoms with Crippen LogP contribution in [0, 0.1) is 6.92 Å². The molecule has 2 aromatic rings. The van der Waals surface area contributed by atoms with Crippen LogP contribution in [0.2, 0.25) is 0 Å². The summed E-state index contributed by atoms with van der Waals surface area (Å²) in [7, 11) is 0. The van der Waals surface area contributed by atoms with E-state index >= 15 is 0 Å². The lowest BCUT2D eigenvalue weighted by atomic mass is 9.98. The Balaban J connectivity index is 1.97. The number of aromatic nitrogens is 1. The summed E-state index contributed by atoms with van der Waals surface area (Å²) in [6.45, 7) is 1.71. The van der Waals surface area contributed by atoms with E-state index in [9.17, 15) is 18.3 Å². The molecule has 2 rings (SSSR count). The van der Waals surface area contributed by atoms with Crippen LogP contribution in [-0.4, -0.2) is 10.3 Å². The summed E-state index contributed by atoms with van der Waals surface area (Å²) in [4.78, 5) is 0. The molecule has 114 valence electrons. The molecule has 1 atom stereocenters. The van der Waals surface area contributed by atoms with Crippen molar-refractivity contribution in [3.05, 3.63) is 52.9 Å². The Morgan fingerprint density at radius 1 is 1.29 bits per heavy atom. The van der Waals surface area contributed by atoms with Crippen LogP contribution in [0.1, 0.15) is 41.3 Å². The molecular formula is C15H16F3NO2. The normalized spacial score (nSPS) is 13.4. The molecule has 0 saturated heterocycles. The summed E-state index contributed by atoms with van der Waals surface area (Å²) < 4.78 is 43.3. The van der Waals surface area contributed by atoms with Gasteiger partial charge in [-0.3, -0.25) is 0 Å². The lowest BCUT2D eigenvalue weighted by Crippen LogP contribution is -2.09. The van der Waals surface area contributed by atoms with Crippen molar-refractivity contribution in [2.24, 2.45) is 0 Å². The Morgan fingerprint density at radius 3 is 2.62 bits per heavy atom. The molecule has 1 unspecified atom stereocenters. The van der Waals surface area contributed by atoms with Gasteiger partial charge in [0.15, 0.2) is 0 Å². The van der Waals surface area contributed by atoms with Gasteiger partial charge >= 0.3 is 6.18 Å². The third kappa shape index (κ3) is 3.85. The number of hydrogen-bond donors (Lipinski definition) is 1. The van der Waals surface area contributed by atoms with Gasteiger partial charge in [-0.05, 0) is 37.8 Å². The highest BCUT2D eigenvalue weighted by Gasteiger charge is 2.32. The van der Waals surface area contributed by atoms with Gasteiger partial charge in [0.2, 0.25) is 0 Å². The van der Waals surface area contributed by atoms with Crippen LogP contribution in [0.15, 0.2) is 35.1 Å². The van der Waals surface area contributed by atoms with Gasteiger partial charge in [-0.25, -0.2) is 0 Å². The average Bonchev–Trinajstić information content (AvgIpc) is 2.84. The molecule has 0 bridgehead atoms. The fraction of sp³-hybridized carbons (Fsp3) is 0.400. The molecule has 1 heterocycles. The molecule has 0 amide bonds. The van der Waals surface area contributed by atoms with Crippen molar-refractivity contribution in [1.82, 2.24) is 5.16 Å². The van der Waals surface area contributed by atoms with Crippen molar-refractivity contribution in [3.63, 3.8) is 0 Å². The second-order valence-electron chi connectivity index (χ2n) is 4.92. The Morgan fingerprint density at radius 2 is 2.00 bits per heavy atom. The highest BCUT2D eigenvalue weighted by Crippen LogP contribution is 2.33. The van der Waals surface area contributed by atoms with E-state index in [-0.39, 0.29) is 12.0 Å². The van der Waals surface area contributed by atoms with E-state index in [4.69, 9.17) is 4.52 Å². The zero-order valence-electron chi connectivity index (χ0n) is 11.5. The first-order valence-electron chi connectivity index (χ1n) is 6.63. The van der Waals surface area contributed by atoms with E-state index in [0.717, 1.165) is 6.07 Å². The topological polar surface area (TPSA) is 46.3 Å². The molecule has 0 aliphatic heterocycles. The SMILES string of the molecule is Cc1nocc1C(O)CCCc1ccccc1C(F)(F)F. The number of rotatable bonds is 5. The number of alkyl halides is 3. The highest BCUT2D eigenvalue weighted by atomic mass is 19.4. The molecular weight excluding hydrogens is 283 g/mol. The van der Waals surface area contributed by atoms with Gasteiger partial charge in [0, 0.05) is 5.56 Å². The largest absolute Gasteiger partial charge is 0.416 e. The van der Waals surface area contributed by atoms with Crippen molar-refractivity contribution in [3.8, 4) is 0 Å². The van der Waals surface area contributed by atoms with Gasteiger partial charge in [-0.15, -0.1) is 0 Å². The molecule has 0 saturated carbocycles. The summed E-state index contributed by atoms with van der Waals surface area (Å²) >= 11 is 0. The minimum absolute atomic E-state index is 0.249. The van der Waals surface area contributed by atoms with Crippen LogP contribution in [0.25, 0.3) is 0 Å². The molecule has 6 heteroatoms. The van der Waals surface area contributed by atoms with Crippen LogP contribution in [0.4, 0.5) is 13.2 Å². The fourth-order valence-electron chi connectivity index (χ4n) is 2.28. The zero-order valence-corrected chi connectivity index (χ0v) is 11.5. The van der Waals surface area contributed by atoms with Crippen LogP contribution >= 0.6 is 0 Å². The van der Waals surface area contributed by atoms with Gasteiger partial charge in [-0.2, -0.15) is 13.2 Å². The lowest BCUT2D eigenvalue weighted by molar-refractivity contribution is -0.138. The third-order valence-corrected chi connectivity index (χ3v) is 3.39. The Hall–Kier alpha value is -1.82. The zero-order chi connectivity index (χ0) is 15.5. The summed E-state index contributed by atoms with van der Waals surface area (Å²) in [5.41, 5.74) is 0.817. The number of nitrogens with zero attached hydrogens (tertiary/aromatic N) is 1. The van der Waals surface area contributed by atoms with E-state index < -0.39 is 17.8 Å². The number of hydrogen-bond acceptors (Lipinski definition) is 3. The second-order valence-corrected chi connectivity index (χ2v) is 4.92. The lowest BCUT2D eigenvalue weighted by Gasteiger charge is -2.13. The van der Waals surface area contributed by atoms with Crippen molar-refractivity contribution in [1.29, 1.82) is 0 Å². The average molecular weight is 299 g/mol. The summed E-state index contributed by atoms with van der Waals surface area (Å²) in [5, 5.41) is 13.6. The number of halogens is 3. The quantitative estimate of drug-likeness (QED) is 0.905. The molecule has 0 aliphatic carbocycles. The second kappa shape index (κ2) is 6.30.